The Kier molecular flexibility index (Phi) is 2.51. The Hall–Kier alpha value is -0.960. The van der Waals surface area contributed by atoms with Gasteiger partial charge in [0.1, 0.15) is 11.6 Å². The molecule has 0 aromatic rings. The summed E-state index contributed by atoms with van der Waals surface area (Å²) >= 11 is 0. The molecule has 0 aliphatic carbocycles. The SMILES string of the molecule is CC(=O)CCC12CC(=O)CC(C=C1C)O2. The highest BCUT2D eigenvalue weighted by molar-refractivity contribution is 5.83. The summed E-state index contributed by atoms with van der Waals surface area (Å²) < 4.78 is 5.85. The lowest BCUT2D eigenvalue weighted by Gasteiger charge is -2.34. The van der Waals surface area contributed by atoms with E-state index in [1.54, 1.807) is 6.92 Å². The Morgan fingerprint density at radius 2 is 2.40 bits per heavy atom. The molecule has 0 amide bonds. The molecular formula is C12H16O3. The molecule has 0 N–H and O–H groups in total. The molecule has 2 atom stereocenters. The van der Waals surface area contributed by atoms with Crippen molar-refractivity contribution in [2.45, 2.75) is 51.2 Å². The largest absolute Gasteiger partial charge is 0.362 e. The molecule has 1 fully saturated rings. The Balaban J connectivity index is 2.14. The highest BCUT2D eigenvalue weighted by atomic mass is 16.5. The fraction of sp³-hybridized carbons (Fsp3) is 0.667. The van der Waals surface area contributed by atoms with E-state index in [-0.39, 0.29) is 17.7 Å². The Morgan fingerprint density at radius 1 is 1.67 bits per heavy atom. The van der Waals surface area contributed by atoms with Crippen LogP contribution in [0.3, 0.4) is 0 Å². The second-order valence-corrected chi connectivity index (χ2v) is 4.62. The lowest BCUT2D eigenvalue weighted by atomic mass is 9.85. The number of fused-ring (bicyclic) bond motifs is 2. The van der Waals surface area contributed by atoms with Crippen LogP contribution in [0.15, 0.2) is 11.6 Å². The molecule has 3 heteroatoms. The standard InChI is InChI=1S/C12H16O3/c1-8-5-11-6-10(14)7-12(8,15-11)4-3-9(2)13/h5,11H,3-4,6-7H2,1-2H3. The minimum absolute atomic E-state index is 0.0433. The van der Waals surface area contributed by atoms with Crippen LogP contribution in [0.2, 0.25) is 0 Å². The highest BCUT2D eigenvalue weighted by Crippen LogP contribution is 2.42. The van der Waals surface area contributed by atoms with Gasteiger partial charge in [0.05, 0.1) is 11.7 Å². The summed E-state index contributed by atoms with van der Waals surface area (Å²) in [4.78, 5) is 22.5. The number of Topliss-reactive ketones (excluding diaryl/α,β-unsaturated/α-hetero) is 2. The number of rotatable bonds is 3. The van der Waals surface area contributed by atoms with Crippen molar-refractivity contribution in [1.29, 1.82) is 0 Å². The van der Waals surface area contributed by atoms with E-state index in [1.807, 2.05) is 13.0 Å². The van der Waals surface area contributed by atoms with Crippen LogP contribution >= 0.6 is 0 Å². The average molecular weight is 208 g/mol. The third kappa shape index (κ3) is 1.88. The zero-order chi connectivity index (χ0) is 11.1. The molecule has 0 aromatic heterocycles. The maximum atomic E-state index is 11.5. The zero-order valence-corrected chi connectivity index (χ0v) is 9.21. The quantitative estimate of drug-likeness (QED) is 0.664. The fourth-order valence-corrected chi connectivity index (χ4v) is 2.47. The average Bonchev–Trinajstić information content (AvgIpc) is 2.35. The van der Waals surface area contributed by atoms with Crippen LogP contribution in [0, 0.1) is 0 Å². The van der Waals surface area contributed by atoms with Crippen molar-refractivity contribution in [3.05, 3.63) is 11.6 Å². The molecule has 2 unspecified atom stereocenters. The number of hydrogen-bond donors (Lipinski definition) is 0. The van der Waals surface area contributed by atoms with Crippen molar-refractivity contribution in [3.8, 4) is 0 Å². The van der Waals surface area contributed by atoms with Gasteiger partial charge in [0.2, 0.25) is 0 Å². The van der Waals surface area contributed by atoms with Crippen LogP contribution in [0.25, 0.3) is 0 Å². The van der Waals surface area contributed by atoms with Crippen molar-refractivity contribution in [2.24, 2.45) is 0 Å². The topological polar surface area (TPSA) is 43.4 Å². The first-order valence-corrected chi connectivity index (χ1v) is 5.40. The monoisotopic (exact) mass is 208 g/mol. The second-order valence-electron chi connectivity index (χ2n) is 4.62. The van der Waals surface area contributed by atoms with Crippen LogP contribution in [-0.4, -0.2) is 23.3 Å². The predicted octanol–water partition coefficient (Wildman–Crippen LogP) is 1.80. The van der Waals surface area contributed by atoms with E-state index in [1.165, 1.54) is 0 Å². The predicted molar refractivity (Wildman–Crippen MR) is 55.5 cm³/mol. The van der Waals surface area contributed by atoms with Crippen molar-refractivity contribution in [2.75, 3.05) is 0 Å². The van der Waals surface area contributed by atoms with Crippen molar-refractivity contribution < 1.29 is 14.3 Å². The van der Waals surface area contributed by atoms with Gasteiger partial charge < -0.3 is 9.53 Å². The summed E-state index contributed by atoms with van der Waals surface area (Å²) in [5.74, 6) is 0.408. The minimum atomic E-state index is -0.453. The highest BCUT2D eigenvalue weighted by Gasteiger charge is 2.46. The third-order valence-electron chi connectivity index (χ3n) is 3.32. The van der Waals surface area contributed by atoms with Gasteiger partial charge in [0, 0.05) is 19.3 Å². The van der Waals surface area contributed by atoms with Crippen LogP contribution in [0.5, 0.6) is 0 Å². The summed E-state index contributed by atoms with van der Waals surface area (Å²) in [7, 11) is 0. The Labute approximate surface area is 89.5 Å². The van der Waals surface area contributed by atoms with Crippen LogP contribution < -0.4 is 0 Å². The van der Waals surface area contributed by atoms with Crippen LogP contribution in [0.4, 0.5) is 0 Å². The molecule has 0 radical (unpaired) electrons. The maximum absolute atomic E-state index is 11.5. The lowest BCUT2D eigenvalue weighted by Crippen LogP contribution is -2.40. The maximum Gasteiger partial charge on any atom is 0.139 e. The van der Waals surface area contributed by atoms with Crippen molar-refractivity contribution in [3.63, 3.8) is 0 Å². The molecule has 2 rings (SSSR count). The first-order valence-electron chi connectivity index (χ1n) is 5.40. The third-order valence-corrected chi connectivity index (χ3v) is 3.32. The number of ether oxygens (including phenoxy) is 1. The molecule has 0 saturated carbocycles. The molecule has 2 bridgehead atoms. The minimum Gasteiger partial charge on any atom is -0.362 e. The summed E-state index contributed by atoms with van der Waals surface area (Å²) in [6.45, 7) is 3.57. The summed E-state index contributed by atoms with van der Waals surface area (Å²) in [6.07, 6.45) is 4.07. The van der Waals surface area contributed by atoms with Gasteiger partial charge in [-0.2, -0.15) is 0 Å². The zero-order valence-electron chi connectivity index (χ0n) is 9.21. The van der Waals surface area contributed by atoms with Gasteiger partial charge in [-0.15, -0.1) is 0 Å². The molecule has 2 heterocycles. The smallest absolute Gasteiger partial charge is 0.139 e. The molecule has 1 saturated heterocycles. The van der Waals surface area contributed by atoms with Gasteiger partial charge in [-0.1, -0.05) is 6.08 Å². The van der Waals surface area contributed by atoms with Crippen molar-refractivity contribution >= 4 is 11.6 Å². The van der Waals surface area contributed by atoms with E-state index < -0.39 is 5.60 Å². The van der Waals surface area contributed by atoms with E-state index in [9.17, 15) is 9.59 Å². The number of carbonyl (C=O) groups is 2. The molecule has 2 aliphatic rings. The van der Waals surface area contributed by atoms with Crippen LogP contribution in [-0.2, 0) is 14.3 Å². The summed E-state index contributed by atoms with van der Waals surface area (Å²) in [5.41, 5.74) is 0.672. The number of carbonyl (C=O) groups excluding carboxylic acids is 2. The molecular weight excluding hydrogens is 192 g/mol. The van der Waals surface area contributed by atoms with E-state index in [0.29, 0.717) is 25.7 Å². The first-order chi connectivity index (χ1) is 7.02. The fourth-order valence-electron chi connectivity index (χ4n) is 2.47. The van der Waals surface area contributed by atoms with E-state index >= 15 is 0 Å². The Morgan fingerprint density at radius 3 is 3.07 bits per heavy atom. The first kappa shape index (κ1) is 10.6. The second kappa shape index (κ2) is 3.56. The van der Waals surface area contributed by atoms with Crippen LogP contribution in [0.1, 0.15) is 39.5 Å². The molecule has 0 aromatic carbocycles. The molecule has 0 spiro atoms. The van der Waals surface area contributed by atoms with E-state index in [0.717, 1.165) is 5.57 Å². The molecule has 2 aliphatic heterocycles. The van der Waals surface area contributed by atoms with Gasteiger partial charge in [-0.3, -0.25) is 4.79 Å². The molecule has 15 heavy (non-hydrogen) atoms. The van der Waals surface area contributed by atoms with Gasteiger partial charge in [-0.05, 0) is 25.8 Å². The number of hydrogen-bond acceptors (Lipinski definition) is 3. The van der Waals surface area contributed by atoms with E-state index in [2.05, 4.69) is 0 Å². The molecule has 82 valence electrons. The summed E-state index contributed by atoms with van der Waals surface area (Å²) in [6, 6.07) is 0. The number of ketones is 2. The van der Waals surface area contributed by atoms with Gasteiger partial charge in [0.25, 0.3) is 0 Å². The van der Waals surface area contributed by atoms with E-state index in [4.69, 9.17) is 4.74 Å². The lowest BCUT2D eigenvalue weighted by molar-refractivity contribution is -0.140. The van der Waals surface area contributed by atoms with Gasteiger partial charge >= 0.3 is 0 Å². The normalized spacial score (nSPS) is 34.1. The molecule has 3 nitrogen and oxygen atoms in total. The van der Waals surface area contributed by atoms with Gasteiger partial charge in [0.15, 0.2) is 0 Å². The van der Waals surface area contributed by atoms with Crippen molar-refractivity contribution in [1.82, 2.24) is 0 Å². The Bertz CT molecular complexity index is 343. The summed E-state index contributed by atoms with van der Waals surface area (Å²) in [5, 5.41) is 0. The van der Waals surface area contributed by atoms with Gasteiger partial charge in [-0.25, -0.2) is 0 Å².